The van der Waals surface area contributed by atoms with Crippen LogP contribution in [0, 0.1) is 0 Å². The molecule has 0 aliphatic rings. The lowest BCUT2D eigenvalue weighted by molar-refractivity contribution is -0.123. The van der Waals surface area contributed by atoms with Crippen LogP contribution < -0.4 is 20.1 Å². The van der Waals surface area contributed by atoms with Crippen LogP contribution in [0.15, 0.2) is 29.6 Å². The largest absolute Gasteiger partial charge is 0.493 e. The first-order valence-corrected chi connectivity index (χ1v) is 9.39. The molecule has 0 radical (unpaired) electrons. The number of thiophene rings is 1. The van der Waals surface area contributed by atoms with Gasteiger partial charge >= 0.3 is 12.0 Å². The van der Waals surface area contributed by atoms with Crippen molar-refractivity contribution in [3.8, 4) is 11.5 Å². The van der Waals surface area contributed by atoms with E-state index in [0.717, 1.165) is 4.88 Å². The van der Waals surface area contributed by atoms with Gasteiger partial charge in [-0.3, -0.25) is 10.1 Å². The van der Waals surface area contributed by atoms with Gasteiger partial charge in [0.25, 0.3) is 5.91 Å². The van der Waals surface area contributed by atoms with Crippen molar-refractivity contribution in [1.82, 2.24) is 10.6 Å². The normalized spacial score (nSPS) is 10.1. The van der Waals surface area contributed by atoms with Gasteiger partial charge in [-0.1, -0.05) is 17.7 Å². The van der Waals surface area contributed by atoms with Crippen LogP contribution >= 0.6 is 22.9 Å². The molecule has 2 rings (SSSR count). The highest BCUT2D eigenvalue weighted by Crippen LogP contribution is 2.36. The van der Waals surface area contributed by atoms with E-state index in [0.29, 0.717) is 13.0 Å². The zero-order valence-corrected chi connectivity index (χ0v) is 16.8. The molecule has 0 bridgehead atoms. The number of halogens is 1. The SMILES string of the molecule is COc1cc(C(=O)OCC(=O)NC(=O)NCCc2cccs2)cc(Cl)c1OC. The number of rotatable bonds is 8. The van der Waals surface area contributed by atoms with E-state index in [4.69, 9.17) is 25.8 Å². The first kappa shape index (κ1) is 21.5. The van der Waals surface area contributed by atoms with Gasteiger partial charge in [0.15, 0.2) is 18.1 Å². The quantitative estimate of drug-likeness (QED) is 0.629. The Balaban J connectivity index is 1.79. The number of hydrogen-bond acceptors (Lipinski definition) is 7. The van der Waals surface area contributed by atoms with Crippen molar-refractivity contribution in [2.45, 2.75) is 6.42 Å². The lowest BCUT2D eigenvalue weighted by Gasteiger charge is -2.11. The van der Waals surface area contributed by atoms with Crippen molar-refractivity contribution in [3.63, 3.8) is 0 Å². The van der Waals surface area contributed by atoms with Crippen LogP contribution in [0.4, 0.5) is 4.79 Å². The number of esters is 1. The maximum atomic E-state index is 12.1. The third kappa shape index (κ3) is 6.14. The molecule has 2 aromatic rings. The minimum absolute atomic E-state index is 0.0795. The standard InChI is InChI=1S/C18H19ClN2O6S/c1-25-14-9-11(8-13(19)16(14)26-2)17(23)27-10-15(22)21-18(24)20-6-5-12-4-3-7-28-12/h3-4,7-9H,5-6,10H2,1-2H3,(H2,20,21,22,24). The molecule has 8 nitrogen and oxygen atoms in total. The topological polar surface area (TPSA) is 103 Å². The molecular formula is C18H19ClN2O6S. The van der Waals surface area contributed by atoms with Crippen LogP contribution in [0.25, 0.3) is 0 Å². The van der Waals surface area contributed by atoms with Gasteiger partial charge < -0.3 is 19.5 Å². The van der Waals surface area contributed by atoms with E-state index in [1.54, 1.807) is 11.3 Å². The first-order valence-electron chi connectivity index (χ1n) is 8.13. The summed E-state index contributed by atoms with van der Waals surface area (Å²) in [6.45, 7) is -0.243. The average Bonchev–Trinajstić information content (AvgIpc) is 3.18. The van der Waals surface area contributed by atoms with E-state index in [1.165, 1.54) is 26.4 Å². The molecule has 1 aromatic heterocycles. The first-order chi connectivity index (χ1) is 13.4. The summed E-state index contributed by atoms with van der Waals surface area (Å²) in [7, 11) is 2.81. The van der Waals surface area contributed by atoms with Crippen LogP contribution in [-0.2, 0) is 16.0 Å². The zero-order chi connectivity index (χ0) is 20.5. The number of benzene rings is 1. The van der Waals surface area contributed by atoms with E-state index in [2.05, 4.69) is 10.6 Å². The third-order valence-corrected chi connectivity index (χ3v) is 4.71. The minimum atomic E-state index is -0.795. The molecule has 2 N–H and O–H groups in total. The smallest absolute Gasteiger partial charge is 0.338 e. The molecule has 0 spiro atoms. The maximum absolute atomic E-state index is 12.1. The van der Waals surface area contributed by atoms with Gasteiger partial charge in [-0.15, -0.1) is 11.3 Å². The summed E-state index contributed by atoms with van der Waals surface area (Å²) in [6.07, 6.45) is 0.661. The fraction of sp³-hybridized carbons (Fsp3) is 0.278. The highest BCUT2D eigenvalue weighted by molar-refractivity contribution is 7.09. The van der Waals surface area contributed by atoms with Gasteiger partial charge in [0.2, 0.25) is 0 Å². The van der Waals surface area contributed by atoms with Crippen molar-refractivity contribution in [2.75, 3.05) is 27.4 Å². The Labute approximate surface area is 170 Å². The second-order valence-corrected chi connectivity index (χ2v) is 6.84. The van der Waals surface area contributed by atoms with E-state index >= 15 is 0 Å². The fourth-order valence-corrected chi connectivity index (χ4v) is 3.21. The number of nitrogens with one attached hydrogen (secondary N) is 2. The molecule has 1 heterocycles. The fourth-order valence-electron chi connectivity index (χ4n) is 2.21. The number of imide groups is 1. The molecule has 0 saturated heterocycles. The van der Waals surface area contributed by atoms with Crippen LogP contribution in [-0.4, -0.2) is 45.3 Å². The Hall–Kier alpha value is -2.78. The second kappa shape index (κ2) is 10.5. The molecule has 28 heavy (non-hydrogen) atoms. The van der Waals surface area contributed by atoms with Crippen molar-refractivity contribution < 1.29 is 28.6 Å². The van der Waals surface area contributed by atoms with Gasteiger partial charge in [-0.25, -0.2) is 9.59 Å². The zero-order valence-electron chi connectivity index (χ0n) is 15.2. The van der Waals surface area contributed by atoms with Crippen LogP contribution in [0.3, 0.4) is 0 Å². The van der Waals surface area contributed by atoms with E-state index < -0.39 is 24.5 Å². The van der Waals surface area contributed by atoms with Gasteiger partial charge in [-0.05, 0) is 30.0 Å². The molecule has 150 valence electrons. The minimum Gasteiger partial charge on any atom is -0.493 e. The lowest BCUT2D eigenvalue weighted by Crippen LogP contribution is -2.42. The molecule has 0 aliphatic carbocycles. The van der Waals surface area contributed by atoms with E-state index in [1.807, 2.05) is 17.5 Å². The monoisotopic (exact) mass is 426 g/mol. The number of carbonyl (C=O) groups is 3. The lowest BCUT2D eigenvalue weighted by atomic mass is 10.2. The van der Waals surface area contributed by atoms with Crippen molar-refractivity contribution >= 4 is 40.8 Å². The van der Waals surface area contributed by atoms with Gasteiger partial charge in [0.1, 0.15) is 0 Å². The Morgan fingerprint density at radius 3 is 2.61 bits per heavy atom. The van der Waals surface area contributed by atoms with Crippen molar-refractivity contribution in [3.05, 3.63) is 45.1 Å². The Bertz CT molecular complexity index is 841. The molecule has 0 unspecified atom stereocenters. The van der Waals surface area contributed by atoms with Crippen molar-refractivity contribution in [1.29, 1.82) is 0 Å². The molecule has 0 fully saturated rings. The molecule has 0 aliphatic heterocycles. The van der Waals surface area contributed by atoms with E-state index in [9.17, 15) is 14.4 Å². The molecule has 0 saturated carbocycles. The number of carbonyl (C=O) groups excluding carboxylic acids is 3. The van der Waals surface area contributed by atoms with Crippen LogP contribution in [0.2, 0.25) is 5.02 Å². The number of urea groups is 1. The predicted octanol–water partition coefficient (Wildman–Crippen LogP) is 2.64. The highest BCUT2D eigenvalue weighted by Gasteiger charge is 2.17. The van der Waals surface area contributed by atoms with E-state index in [-0.39, 0.29) is 22.1 Å². The summed E-state index contributed by atoms with van der Waals surface area (Å²) in [5, 5.41) is 6.74. The number of methoxy groups -OCH3 is 2. The average molecular weight is 427 g/mol. The number of amides is 3. The summed E-state index contributed by atoms with van der Waals surface area (Å²) >= 11 is 7.61. The molecule has 3 amide bonds. The second-order valence-electron chi connectivity index (χ2n) is 5.40. The molecule has 1 aromatic carbocycles. The number of ether oxygens (including phenoxy) is 3. The summed E-state index contributed by atoms with van der Waals surface area (Å²) in [6, 6.07) is 5.92. The number of hydrogen-bond donors (Lipinski definition) is 2. The summed E-state index contributed by atoms with van der Waals surface area (Å²) in [5.41, 5.74) is 0.0795. The van der Waals surface area contributed by atoms with Crippen LogP contribution in [0.1, 0.15) is 15.2 Å². The predicted molar refractivity (Wildman–Crippen MR) is 104 cm³/mol. The molecular weight excluding hydrogens is 408 g/mol. The van der Waals surface area contributed by atoms with Crippen LogP contribution in [0.5, 0.6) is 11.5 Å². The van der Waals surface area contributed by atoms with Crippen molar-refractivity contribution in [2.24, 2.45) is 0 Å². The van der Waals surface area contributed by atoms with Gasteiger partial charge in [0, 0.05) is 11.4 Å². The van der Waals surface area contributed by atoms with Gasteiger partial charge in [0.05, 0.1) is 24.8 Å². The van der Waals surface area contributed by atoms with Gasteiger partial charge in [-0.2, -0.15) is 0 Å². The summed E-state index contributed by atoms with van der Waals surface area (Å²) < 4.78 is 15.1. The maximum Gasteiger partial charge on any atom is 0.338 e. The molecule has 0 atom stereocenters. The Morgan fingerprint density at radius 1 is 1.18 bits per heavy atom. The highest BCUT2D eigenvalue weighted by atomic mass is 35.5. The third-order valence-electron chi connectivity index (χ3n) is 3.49. The molecule has 10 heteroatoms. The summed E-state index contributed by atoms with van der Waals surface area (Å²) in [4.78, 5) is 36.6. The summed E-state index contributed by atoms with van der Waals surface area (Å²) in [5.74, 6) is -1.03. The Kier molecular flexibility index (Phi) is 8.09. The Morgan fingerprint density at radius 2 is 1.96 bits per heavy atom.